The van der Waals surface area contributed by atoms with E-state index >= 15 is 0 Å². The van der Waals surface area contributed by atoms with Crippen molar-refractivity contribution in [1.82, 2.24) is 19.9 Å². The van der Waals surface area contributed by atoms with Gasteiger partial charge < -0.3 is 4.90 Å². The van der Waals surface area contributed by atoms with Gasteiger partial charge in [0.2, 0.25) is 0 Å². The zero-order valence-electron chi connectivity index (χ0n) is 9.87. The molecule has 0 fully saturated rings. The molecule has 0 saturated carbocycles. The van der Waals surface area contributed by atoms with Crippen molar-refractivity contribution in [3.8, 4) is 0 Å². The third-order valence-corrected chi connectivity index (χ3v) is 2.42. The lowest BCUT2D eigenvalue weighted by Crippen LogP contribution is -2.25. The molecular weight excluding hydrogens is 216 g/mol. The average Bonchev–Trinajstić information content (AvgIpc) is 2.77. The zero-order valence-corrected chi connectivity index (χ0v) is 9.87. The minimum atomic E-state index is -0.0917. The number of hydrogen-bond donors (Lipinski definition) is 0. The minimum absolute atomic E-state index is 0.0917. The second-order valence-corrected chi connectivity index (χ2v) is 3.96. The van der Waals surface area contributed by atoms with Crippen LogP contribution in [0.4, 0.5) is 0 Å². The largest absolute Gasteiger partial charge is 0.343 e. The van der Waals surface area contributed by atoms with E-state index in [1.54, 1.807) is 18.8 Å². The molecule has 1 aromatic heterocycles. The van der Waals surface area contributed by atoms with E-state index in [2.05, 4.69) is 10.3 Å². The van der Waals surface area contributed by atoms with Crippen molar-refractivity contribution in [3.05, 3.63) is 47.8 Å². The highest BCUT2D eigenvalue weighted by Gasteiger charge is 2.14. The van der Waals surface area contributed by atoms with Gasteiger partial charge in [0.25, 0.3) is 5.91 Å². The lowest BCUT2D eigenvalue weighted by molar-refractivity contribution is 0.0816. The van der Waals surface area contributed by atoms with Crippen LogP contribution in [0.1, 0.15) is 16.1 Å². The van der Waals surface area contributed by atoms with Crippen LogP contribution < -0.4 is 0 Å². The third-order valence-electron chi connectivity index (χ3n) is 2.42. The standard InChI is InChI=1S/C12H14N4O/c1-15(2)12(17)11-8-13-14-16(11)9-10-6-4-3-5-7-10/h3-8H,9H2,1-2H3. The van der Waals surface area contributed by atoms with E-state index in [1.165, 1.54) is 11.1 Å². The molecule has 0 bridgehead atoms. The summed E-state index contributed by atoms with van der Waals surface area (Å²) in [5.74, 6) is -0.0917. The molecule has 5 heteroatoms. The summed E-state index contributed by atoms with van der Waals surface area (Å²) >= 11 is 0. The van der Waals surface area contributed by atoms with Crippen LogP contribution in [0.3, 0.4) is 0 Å². The predicted molar refractivity (Wildman–Crippen MR) is 63.6 cm³/mol. The van der Waals surface area contributed by atoms with Gasteiger partial charge in [-0.25, -0.2) is 4.68 Å². The summed E-state index contributed by atoms with van der Waals surface area (Å²) in [6.45, 7) is 0.551. The highest BCUT2D eigenvalue weighted by molar-refractivity contribution is 5.91. The molecular formula is C12H14N4O. The Kier molecular flexibility index (Phi) is 3.18. The summed E-state index contributed by atoms with van der Waals surface area (Å²) in [4.78, 5) is 13.4. The molecule has 0 atom stereocenters. The topological polar surface area (TPSA) is 51.0 Å². The molecule has 1 aromatic carbocycles. The number of aromatic nitrogens is 3. The maximum Gasteiger partial charge on any atom is 0.273 e. The predicted octanol–water partition coefficient (Wildman–Crippen LogP) is 1.03. The first-order valence-electron chi connectivity index (χ1n) is 5.32. The van der Waals surface area contributed by atoms with Crippen molar-refractivity contribution >= 4 is 5.91 Å². The van der Waals surface area contributed by atoms with E-state index in [9.17, 15) is 4.79 Å². The van der Waals surface area contributed by atoms with Crippen molar-refractivity contribution in [2.75, 3.05) is 14.1 Å². The van der Waals surface area contributed by atoms with E-state index < -0.39 is 0 Å². The summed E-state index contributed by atoms with van der Waals surface area (Å²) in [5.41, 5.74) is 1.59. The minimum Gasteiger partial charge on any atom is -0.343 e. The van der Waals surface area contributed by atoms with Gasteiger partial charge in [0.1, 0.15) is 5.69 Å². The molecule has 0 radical (unpaired) electrons. The van der Waals surface area contributed by atoms with Crippen LogP contribution in [0.15, 0.2) is 36.5 Å². The summed E-state index contributed by atoms with van der Waals surface area (Å²) < 4.78 is 1.61. The van der Waals surface area contributed by atoms with Gasteiger partial charge in [0, 0.05) is 14.1 Å². The summed E-state index contributed by atoms with van der Waals surface area (Å²) in [6.07, 6.45) is 1.49. The lowest BCUT2D eigenvalue weighted by atomic mass is 10.2. The highest BCUT2D eigenvalue weighted by Crippen LogP contribution is 2.05. The first kappa shape index (κ1) is 11.3. The zero-order chi connectivity index (χ0) is 12.3. The van der Waals surface area contributed by atoms with Crippen LogP contribution >= 0.6 is 0 Å². The maximum absolute atomic E-state index is 11.8. The second-order valence-electron chi connectivity index (χ2n) is 3.96. The van der Waals surface area contributed by atoms with E-state index in [0.29, 0.717) is 12.2 Å². The number of carbonyl (C=O) groups excluding carboxylic acids is 1. The number of amides is 1. The van der Waals surface area contributed by atoms with Crippen molar-refractivity contribution in [3.63, 3.8) is 0 Å². The van der Waals surface area contributed by atoms with Crippen LogP contribution in [0.5, 0.6) is 0 Å². The Morgan fingerprint density at radius 2 is 2.00 bits per heavy atom. The Hall–Kier alpha value is -2.17. The maximum atomic E-state index is 11.8. The first-order valence-corrected chi connectivity index (χ1v) is 5.32. The Bertz CT molecular complexity index is 504. The van der Waals surface area contributed by atoms with E-state index in [0.717, 1.165) is 5.56 Å². The second kappa shape index (κ2) is 4.78. The van der Waals surface area contributed by atoms with Gasteiger partial charge in [-0.3, -0.25) is 4.79 Å². The average molecular weight is 230 g/mol. The van der Waals surface area contributed by atoms with Crippen LogP contribution in [0.2, 0.25) is 0 Å². The molecule has 0 aliphatic carbocycles. The Balaban J connectivity index is 2.23. The fourth-order valence-electron chi connectivity index (χ4n) is 1.53. The molecule has 0 unspecified atom stereocenters. The van der Waals surface area contributed by atoms with Gasteiger partial charge in [0.05, 0.1) is 12.7 Å². The highest BCUT2D eigenvalue weighted by atomic mass is 16.2. The van der Waals surface area contributed by atoms with E-state index in [-0.39, 0.29) is 5.91 Å². The van der Waals surface area contributed by atoms with Gasteiger partial charge >= 0.3 is 0 Å². The lowest BCUT2D eigenvalue weighted by Gasteiger charge is -2.11. The molecule has 1 heterocycles. The molecule has 0 spiro atoms. The molecule has 17 heavy (non-hydrogen) atoms. The number of benzene rings is 1. The summed E-state index contributed by atoms with van der Waals surface area (Å²) in [7, 11) is 3.42. The molecule has 2 rings (SSSR count). The molecule has 5 nitrogen and oxygen atoms in total. The quantitative estimate of drug-likeness (QED) is 0.791. The molecule has 0 aliphatic heterocycles. The fraction of sp³-hybridized carbons (Fsp3) is 0.250. The third kappa shape index (κ3) is 2.50. The smallest absolute Gasteiger partial charge is 0.273 e. The number of rotatable bonds is 3. The molecule has 0 N–H and O–H groups in total. The van der Waals surface area contributed by atoms with Crippen molar-refractivity contribution in [2.45, 2.75) is 6.54 Å². The van der Waals surface area contributed by atoms with Crippen LogP contribution in [0.25, 0.3) is 0 Å². The van der Waals surface area contributed by atoms with Crippen LogP contribution in [-0.2, 0) is 6.54 Å². The Labute approximate surface area is 99.7 Å². The molecule has 1 amide bonds. The van der Waals surface area contributed by atoms with E-state index in [4.69, 9.17) is 0 Å². The number of hydrogen-bond acceptors (Lipinski definition) is 3. The van der Waals surface area contributed by atoms with Gasteiger partial charge in [-0.05, 0) is 5.56 Å². The van der Waals surface area contributed by atoms with Gasteiger partial charge in [-0.1, -0.05) is 35.5 Å². The normalized spacial score (nSPS) is 10.2. The van der Waals surface area contributed by atoms with Crippen LogP contribution in [0, 0.1) is 0 Å². The van der Waals surface area contributed by atoms with Crippen molar-refractivity contribution in [1.29, 1.82) is 0 Å². The SMILES string of the molecule is CN(C)C(=O)c1cnnn1Cc1ccccc1. The van der Waals surface area contributed by atoms with E-state index in [1.807, 2.05) is 30.3 Å². The first-order chi connectivity index (χ1) is 8.18. The van der Waals surface area contributed by atoms with Gasteiger partial charge in [0.15, 0.2) is 0 Å². The Morgan fingerprint density at radius 3 is 2.65 bits per heavy atom. The molecule has 2 aromatic rings. The van der Waals surface area contributed by atoms with Crippen LogP contribution in [-0.4, -0.2) is 39.9 Å². The fourth-order valence-corrected chi connectivity index (χ4v) is 1.53. The monoisotopic (exact) mass is 230 g/mol. The summed E-state index contributed by atoms with van der Waals surface area (Å²) in [5, 5.41) is 7.72. The van der Waals surface area contributed by atoms with Crippen molar-refractivity contribution < 1.29 is 4.79 Å². The van der Waals surface area contributed by atoms with Gasteiger partial charge in [-0.2, -0.15) is 0 Å². The number of nitrogens with zero attached hydrogens (tertiary/aromatic N) is 4. The molecule has 0 saturated heterocycles. The molecule has 88 valence electrons. The number of carbonyl (C=O) groups is 1. The Morgan fingerprint density at radius 1 is 1.29 bits per heavy atom. The summed E-state index contributed by atoms with van der Waals surface area (Å²) in [6, 6.07) is 9.85. The van der Waals surface area contributed by atoms with Gasteiger partial charge in [-0.15, -0.1) is 5.10 Å². The van der Waals surface area contributed by atoms with Crippen molar-refractivity contribution in [2.24, 2.45) is 0 Å². The molecule has 0 aliphatic rings.